The van der Waals surface area contributed by atoms with Crippen molar-refractivity contribution in [2.45, 2.75) is 161 Å². The van der Waals surface area contributed by atoms with Gasteiger partial charge in [0.05, 0.1) is 184 Å². The van der Waals surface area contributed by atoms with Gasteiger partial charge in [-0.2, -0.15) is 0 Å². The smallest absolute Gasteiger partial charge is 0.320 e. The fourth-order valence-corrected chi connectivity index (χ4v) is 14.1. The van der Waals surface area contributed by atoms with E-state index in [2.05, 4.69) is 31.9 Å². The molecule has 0 unspecified atom stereocenters. The highest BCUT2D eigenvalue weighted by molar-refractivity contribution is 8.13. The Morgan fingerprint density at radius 2 is 0.454 bits per heavy atom. The number of nitrogens with zero attached hydrogens (tertiary/aromatic N) is 9. The molecule has 0 aliphatic rings. The summed E-state index contributed by atoms with van der Waals surface area (Å²) in [6.45, 7) is 24.9. The van der Waals surface area contributed by atoms with Gasteiger partial charge >= 0.3 is 77.6 Å². The second-order valence-electron chi connectivity index (χ2n) is 30.5. The average molecular weight is 2060 g/mol. The van der Waals surface area contributed by atoms with Crippen LogP contribution in [0.5, 0.6) is 0 Å². The number of carbonyl (C=O) groups excluding carboxylic acids is 19. The number of hydrogen-bond donors (Lipinski definition) is 7. The zero-order valence-corrected chi connectivity index (χ0v) is 87.3. The van der Waals surface area contributed by atoms with E-state index in [1.807, 2.05) is 13.8 Å². The second-order valence-corrected chi connectivity index (χ2v) is 32.7. The summed E-state index contributed by atoms with van der Waals surface area (Å²) < 4.78 is 60.5. The summed E-state index contributed by atoms with van der Waals surface area (Å²) in [6, 6.07) is 0. The van der Waals surface area contributed by atoms with Crippen LogP contribution in [-0.2, 0) is 148 Å². The van der Waals surface area contributed by atoms with Crippen LogP contribution in [0.2, 0.25) is 0 Å². The predicted molar refractivity (Wildman–Crippen MR) is 521 cm³/mol. The van der Waals surface area contributed by atoms with E-state index in [9.17, 15) is 95.9 Å². The lowest BCUT2D eigenvalue weighted by molar-refractivity contribution is -0.150. The van der Waals surface area contributed by atoms with Crippen molar-refractivity contribution < 1.29 is 158 Å². The van der Waals surface area contributed by atoms with Gasteiger partial charge in [-0.15, -0.1) is 0 Å². The monoisotopic (exact) mass is 2060 g/mol. The van der Waals surface area contributed by atoms with E-state index in [4.69, 9.17) is 61.9 Å². The summed E-state index contributed by atoms with van der Waals surface area (Å²) in [4.78, 5) is 260. The number of ether oxygens (including phenoxy) is 12. The van der Waals surface area contributed by atoms with Crippen LogP contribution >= 0.6 is 23.5 Å². The topological polar surface area (TPSA) is 574 Å². The predicted octanol–water partition coefficient (Wildman–Crippen LogP) is -0.257. The average Bonchev–Trinajstić information content (AvgIpc) is 0.912. The number of carboxylic acid groups (broad SMARTS) is 1. The van der Waals surface area contributed by atoms with Crippen molar-refractivity contribution in [2.24, 2.45) is 0 Å². The quantitative estimate of drug-likeness (QED) is 0.0234. The molecule has 0 spiro atoms. The normalized spacial score (nSPS) is 10.9. The molecule has 0 aromatic rings. The molecule has 0 aromatic carbocycles. The minimum Gasteiger partial charge on any atom is -0.481 e. The molecule has 0 saturated carbocycles. The van der Waals surface area contributed by atoms with E-state index in [1.54, 1.807) is 92.9 Å². The highest BCUT2D eigenvalue weighted by atomic mass is 32.2. The van der Waals surface area contributed by atoms with Gasteiger partial charge in [-0.3, -0.25) is 135 Å². The van der Waals surface area contributed by atoms with Gasteiger partial charge in [0, 0.05) is 142 Å². The summed E-state index contributed by atoms with van der Waals surface area (Å²) in [5, 5.41) is 25.4. The minimum atomic E-state index is -0.736. The number of rotatable bonds is 83. The number of thioether (sulfide) groups is 2. The molecule has 0 radical (unpaired) electrons. The molecule has 0 heterocycles. The summed E-state index contributed by atoms with van der Waals surface area (Å²) in [6.07, 6.45) is 6.44. The Morgan fingerprint density at radius 3 is 0.674 bits per heavy atom. The van der Waals surface area contributed by atoms with Crippen LogP contribution in [0, 0.1) is 0 Å². The minimum absolute atomic E-state index is 0.00814. The van der Waals surface area contributed by atoms with E-state index in [1.165, 1.54) is 57.8 Å². The maximum absolute atomic E-state index is 13.6. The first-order valence-corrected chi connectivity index (χ1v) is 50.5. The Balaban J connectivity index is -0.00000240. The van der Waals surface area contributed by atoms with Crippen molar-refractivity contribution in [2.75, 3.05) is 307 Å². The fraction of sp³-hybridized carbons (Fsp3) is 0.780. The molecule has 0 saturated heterocycles. The first-order chi connectivity index (χ1) is 67.5. The Morgan fingerprint density at radius 1 is 0.234 bits per heavy atom. The maximum Gasteiger partial charge on any atom is 0.320 e. The first-order valence-electron chi connectivity index (χ1n) is 48.5. The van der Waals surface area contributed by atoms with Crippen molar-refractivity contribution in [3.8, 4) is 0 Å². The number of carboxylic acids is 1. The molecule has 50 heteroatoms. The van der Waals surface area contributed by atoms with Gasteiger partial charge in [-0.05, 0) is 122 Å². The molecule has 141 heavy (non-hydrogen) atoms. The standard InChI is InChI=1S/C45H80N8O16S.C36H65N7O14.C10H18O3S/c1-8-46-45(63)70-27-17-15-16-18-38(56)53(21-19-47-36(54)28-49(30-39(57)64-9-2)23-25-51(32-41(59)66-11-4)33-42(60)67-12-5)22-20-48-37(55)29-50(31-40(58)65-10-3)24-26-52(34-43(61)68-13-6)35-44(62)69-14-7;1-7-52-31(46)23-40(17-19-42(25-33(48)54-9-3)26-34(49)55-10-4)21-29(44)38-15-13-37-14-16-39-30(45)22-41(24-32(47)53-8-2)18-20-43(27-35(50)56-11-5)28-36(51)57-12-6;1-2-6-10(13)14-8-5-3-4-7-9(11)12/h8-35H2,1-7H3,(H,46,63)(H,47,54)(H,48,55);37H,7-28H2,1-6H3,(H,38,44)(H,39,45);2-8H2,1H3,(H,11,12). The lowest BCUT2D eigenvalue weighted by atomic mass is 10.2. The van der Waals surface area contributed by atoms with Crippen LogP contribution in [0.1, 0.15) is 161 Å². The van der Waals surface area contributed by atoms with E-state index in [0.717, 1.165) is 31.4 Å². The van der Waals surface area contributed by atoms with Crippen LogP contribution in [0.4, 0.5) is 4.79 Å². The third kappa shape index (κ3) is 83.1. The van der Waals surface area contributed by atoms with Crippen molar-refractivity contribution in [1.82, 2.24) is 76.0 Å². The van der Waals surface area contributed by atoms with E-state index >= 15 is 0 Å². The Hall–Kier alpha value is -10.1. The van der Waals surface area contributed by atoms with Gasteiger partial charge in [0.1, 0.15) is 0 Å². The Labute approximate surface area is 838 Å². The first kappa shape index (κ1) is 135. The zero-order valence-electron chi connectivity index (χ0n) is 85.7. The van der Waals surface area contributed by atoms with Crippen LogP contribution in [-0.4, -0.2) is 473 Å². The third-order valence-corrected chi connectivity index (χ3v) is 20.6. The molecule has 0 rings (SSSR count). The number of carbonyl (C=O) groups is 20. The van der Waals surface area contributed by atoms with Crippen molar-refractivity contribution in [3.63, 3.8) is 0 Å². The molecule has 48 nitrogen and oxygen atoms in total. The van der Waals surface area contributed by atoms with Gasteiger partial charge in [0.15, 0.2) is 5.12 Å². The van der Waals surface area contributed by atoms with E-state index in [-0.39, 0.29) is 317 Å². The largest absolute Gasteiger partial charge is 0.481 e. The van der Waals surface area contributed by atoms with Gasteiger partial charge < -0.3 is 98.7 Å². The second kappa shape index (κ2) is 91.2. The molecule has 0 bridgehead atoms. The molecule has 6 amide bonds. The SMILES string of the molecule is CCCC(=O)SCCCCCC(=O)O.CCNC(=O)SCCCCCC(=O)N(CCNC(=O)CN(CCN(CC(=O)OCC)CC(=O)OCC)CC(=O)OCC)CCNC(=O)CN(CCN(CC(=O)OCC)CC(=O)OCC)CC(=O)OCC.CCOC(=O)CN(CCN(CC(=O)OCC)CC(=O)OCC)CC(=O)NCCNCCNC(=O)CN(CCN(CC(=O)OCC)CC(=O)OCC)CC(=O)OCC. The highest BCUT2D eigenvalue weighted by Gasteiger charge is 2.28. The molecular formula is C91H163N15O33S2. The van der Waals surface area contributed by atoms with Crippen molar-refractivity contribution in [1.29, 1.82) is 0 Å². The van der Waals surface area contributed by atoms with Gasteiger partial charge in [0.2, 0.25) is 29.5 Å². The van der Waals surface area contributed by atoms with Crippen LogP contribution in [0.3, 0.4) is 0 Å². The molecular weight excluding hydrogens is 1900 g/mol. The van der Waals surface area contributed by atoms with Gasteiger partial charge in [0.25, 0.3) is 5.24 Å². The fourth-order valence-electron chi connectivity index (χ4n) is 12.4. The highest BCUT2D eigenvalue weighted by Crippen LogP contribution is 2.14. The molecule has 0 atom stereocenters. The van der Waals surface area contributed by atoms with Crippen LogP contribution in [0.25, 0.3) is 0 Å². The number of unbranched alkanes of at least 4 members (excludes halogenated alkanes) is 4. The maximum atomic E-state index is 13.6. The number of nitrogens with one attached hydrogen (secondary N) is 6. The number of aliphatic carboxylic acids is 1. The third-order valence-electron chi connectivity index (χ3n) is 18.6. The van der Waals surface area contributed by atoms with Gasteiger partial charge in [-0.25, -0.2) is 0 Å². The lowest BCUT2D eigenvalue weighted by Gasteiger charge is -2.27. The van der Waals surface area contributed by atoms with E-state index in [0.29, 0.717) is 51.1 Å². The Bertz CT molecular complexity index is 3340. The van der Waals surface area contributed by atoms with E-state index < -0.39 is 89.4 Å². The summed E-state index contributed by atoms with van der Waals surface area (Å²) in [7, 11) is 0. The molecule has 0 aromatic heterocycles. The van der Waals surface area contributed by atoms with Gasteiger partial charge in [-0.1, -0.05) is 43.3 Å². The molecule has 0 aliphatic heterocycles. The zero-order chi connectivity index (χ0) is 106. The number of hydrogen-bond acceptors (Lipinski definition) is 43. The lowest BCUT2D eigenvalue weighted by Crippen LogP contribution is -2.48. The summed E-state index contributed by atoms with van der Waals surface area (Å²) >= 11 is 2.55. The molecule has 0 fully saturated rings. The van der Waals surface area contributed by atoms with Crippen LogP contribution < -0.4 is 31.9 Å². The molecule has 0 aliphatic carbocycles. The van der Waals surface area contributed by atoms with Crippen molar-refractivity contribution in [3.05, 3.63) is 0 Å². The number of esters is 12. The summed E-state index contributed by atoms with van der Waals surface area (Å²) in [5.41, 5.74) is 0. The summed E-state index contributed by atoms with van der Waals surface area (Å²) in [5.74, 6) is -7.89. The molecule has 812 valence electrons. The van der Waals surface area contributed by atoms with Crippen LogP contribution in [0.15, 0.2) is 0 Å². The molecule has 7 N–H and O–H groups in total. The Kier molecular flexibility index (Phi) is 87.3. The number of amides is 6. The van der Waals surface area contributed by atoms with Crippen molar-refractivity contribution >= 4 is 141 Å².